The van der Waals surface area contributed by atoms with Gasteiger partial charge in [-0.25, -0.2) is 9.97 Å². The van der Waals surface area contributed by atoms with Gasteiger partial charge < -0.3 is 15.0 Å². The van der Waals surface area contributed by atoms with E-state index in [-0.39, 0.29) is 0 Å². The number of H-pyrrole nitrogens is 1. The molecule has 2 N–H and O–H groups in total. The average molecular weight is 392 g/mol. The number of rotatable bonds is 3. The van der Waals surface area contributed by atoms with Gasteiger partial charge in [-0.1, -0.05) is 18.2 Å². The minimum Gasteiger partial charge on any atom is -0.492 e. The van der Waals surface area contributed by atoms with Gasteiger partial charge in [0.2, 0.25) is 0 Å². The van der Waals surface area contributed by atoms with Crippen LogP contribution in [0.3, 0.4) is 0 Å². The molecular formula is C23H29N5O. The molecule has 29 heavy (non-hydrogen) atoms. The molecule has 1 atom stereocenters. The number of hydrogen-bond acceptors (Lipinski definition) is 5. The zero-order chi connectivity index (χ0) is 19.6. The number of hydrogen-bond donors (Lipinski definition) is 2. The molecule has 1 saturated heterocycles. The summed E-state index contributed by atoms with van der Waals surface area (Å²) in [6.45, 7) is 3.39. The maximum absolute atomic E-state index is 5.81. The van der Waals surface area contributed by atoms with Crippen LogP contribution >= 0.6 is 0 Å². The van der Waals surface area contributed by atoms with Gasteiger partial charge in [0, 0.05) is 18.8 Å². The van der Waals surface area contributed by atoms with E-state index in [4.69, 9.17) is 4.74 Å². The smallest absolute Gasteiger partial charge is 0.143 e. The third-order valence-corrected chi connectivity index (χ3v) is 6.22. The molecule has 2 fully saturated rings. The predicted octanol–water partition coefficient (Wildman–Crippen LogP) is 3.96. The van der Waals surface area contributed by atoms with Gasteiger partial charge in [0.05, 0.1) is 5.39 Å². The molecule has 0 bridgehead atoms. The van der Waals surface area contributed by atoms with Crippen LogP contribution in [0.2, 0.25) is 0 Å². The minimum atomic E-state index is 0.613. The highest BCUT2D eigenvalue weighted by atomic mass is 16.5. The molecule has 0 amide bonds. The van der Waals surface area contributed by atoms with E-state index in [1.807, 2.05) is 7.05 Å². The molecule has 1 saturated carbocycles. The molecule has 0 spiro atoms. The topological polar surface area (TPSA) is 66.1 Å². The van der Waals surface area contributed by atoms with Crippen molar-refractivity contribution >= 4 is 16.9 Å². The van der Waals surface area contributed by atoms with Crippen molar-refractivity contribution in [1.82, 2.24) is 19.9 Å². The Bertz CT molecular complexity index is 974. The van der Waals surface area contributed by atoms with Gasteiger partial charge in [-0.3, -0.25) is 4.90 Å². The number of nitrogens with one attached hydrogen (secondary N) is 2. The lowest BCUT2D eigenvalue weighted by Crippen LogP contribution is -2.41. The molecule has 0 radical (unpaired) electrons. The summed E-state index contributed by atoms with van der Waals surface area (Å²) < 4.78 is 5.81. The Morgan fingerprint density at radius 3 is 2.76 bits per heavy atom. The van der Waals surface area contributed by atoms with E-state index in [1.165, 1.54) is 50.0 Å². The third-order valence-electron chi connectivity index (χ3n) is 6.22. The Labute approximate surface area is 171 Å². The van der Waals surface area contributed by atoms with Gasteiger partial charge in [0.25, 0.3) is 0 Å². The first kappa shape index (κ1) is 18.4. The second-order valence-electron chi connectivity index (χ2n) is 8.25. The highest BCUT2D eigenvalue weighted by molar-refractivity contribution is 5.87. The SMILES string of the molecule is CNc1ncnc2[nH]c(C3CC3)cc12.c1ccc2c(c1)CC(N1CCCC1)CO2. The van der Waals surface area contributed by atoms with E-state index in [1.54, 1.807) is 6.33 Å². The first-order valence-electron chi connectivity index (χ1n) is 10.8. The maximum Gasteiger partial charge on any atom is 0.143 e. The van der Waals surface area contributed by atoms with Crippen LogP contribution in [0.15, 0.2) is 36.7 Å². The molecule has 1 unspecified atom stereocenters. The molecule has 3 aromatic rings. The fraction of sp³-hybridized carbons (Fsp3) is 0.478. The van der Waals surface area contributed by atoms with E-state index in [9.17, 15) is 0 Å². The summed E-state index contributed by atoms with van der Waals surface area (Å²) in [4.78, 5) is 14.3. The summed E-state index contributed by atoms with van der Waals surface area (Å²) in [5.41, 5.74) is 3.61. The highest BCUT2D eigenvalue weighted by Crippen LogP contribution is 2.40. The van der Waals surface area contributed by atoms with Gasteiger partial charge >= 0.3 is 0 Å². The number of benzene rings is 1. The van der Waals surface area contributed by atoms with E-state index >= 15 is 0 Å². The summed E-state index contributed by atoms with van der Waals surface area (Å²) in [5.74, 6) is 2.72. The Balaban J connectivity index is 0.000000125. The lowest BCUT2D eigenvalue weighted by molar-refractivity contribution is 0.142. The number of nitrogens with zero attached hydrogens (tertiary/aromatic N) is 3. The van der Waals surface area contributed by atoms with E-state index in [0.29, 0.717) is 6.04 Å². The molecule has 6 nitrogen and oxygen atoms in total. The summed E-state index contributed by atoms with van der Waals surface area (Å²) in [6, 6.07) is 11.2. The second kappa shape index (κ2) is 8.03. The number of ether oxygens (including phenoxy) is 1. The first-order valence-corrected chi connectivity index (χ1v) is 10.8. The first-order chi connectivity index (χ1) is 14.3. The fourth-order valence-corrected chi connectivity index (χ4v) is 4.43. The summed E-state index contributed by atoms with van der Waals surface area (Å²) >= 11 is 0. The van der Waals surface area contributed by atoms with Crippen molar-refractivity contribution in [3.8, 4) is 5.75 Å². The maximum atomic E-state index is 5.81. The molecule has 2 aliphatic heterocycles. The standard InChI is InChI=1S/C13H17NO.C10H12N4/c1-2-6-13-11(5-1)9-12(10-15-13)14-7-3-4-8-14;1-11-9-7-4-8(6-2-3-6)14-10(7)13-5-12-9/h1-2,5-6,12H,3-4,7-10H2;4-6H,2-3H2,1H3,(H2,11,12,13,14). The average Bonchev–Trinajstić information content (AvgIpc) is 3.29. The van der Waals surface area contributed by atoms with Crippen LogP contribution in [0.4, 0.5) is 5.82 Å². The zero-order valence-electron chi connectivity index (χ0n) is 17.0. The number of para-hydroxylation sites is 1. The Morgan fingerprint density at radius 1 is 1.14 bits per heavy atom. The van der Waals surface area contributed by atoms with Gasteiger partial charge in [-0.15, -0.1) is 0 Å². The van der Waals surface area contributed by atoms with Crippen molar-refractivity contribution in [2.24, 2.45) is 0 Å². The number of aromatic amines is 1. The molecule has 1 aliphatic carbocycles. The van der Waals surface area contributed by atoms with Crippen LogP contribution in [0.1, 0.15) is 42.9 Å². The van der Waals surface area contributed by atoms with Crippen molar-refractivity contribution in [3.63, 3.8) is 0 Å². The molecule has 152 valence electrons. The predicted molar refractivity (Wildman–Crippen MR) is 116 cm³/mol. The van der Waals surface area contributed by atoms with Crippen LogP contribution in [0.5, 0.6) is 5.75 Å². The summed E-state index contributed by atoms with van der Waals surface area (Å²) in [6.07, 6.45) is 8.07. The molecule has 6 heteroatoms. The van der Waals surface area contributed by atoms with Gasteiger partial charge in [0.1, 0.15) is 30.1 Å². The lowest BCUT2D eigenvalue weighted by atomic mass is 10.0. The van der Waals surface area contributed by atoms with Crippen molar-refractivity contribution in [2.45, 2.75) is 44.1 Å². The van der Waals surface area contributed by atoms with Crippen LogP contribution in [-0.2, 0) is 6.42 Å². The van der Waals surface area contributed by atoms with Crippen molar-refractivity contribution in [1.29, 1.82) is 0 Å². The van der Waals surface area contributed by atoms with Crippen LogP contribution in [0, 0.1) is 0 Å². The summed E-state index contributed by atoms with van der Waals surface area (Å²) in [7, 11) is 1.88. The van der Waals surface area contributed by atoms with Gasteiger partial charge in [-0.2, -0.15) is 0 Å². The van der Waals surface area contributed by atoms with E-state index in [0.717, 1.165) is 41.5 Å². The van der Waals surface area contributed by atoms with Crippen LogP contribution in [-0.4, -0.2) is 52.6 Å². The van der Waals surface area contributed by atoms with Crippen molar-refractivity contribution < 1.29 is 4.74 Å². The molecule has 1 aromatic carbocycles. The molecular weight excluding hydrogens is 362 g/mol. The number of fused-ring (bicyclic) bond motifs is 2. The lowest BCUT2D eigenvalue weighted by Gasteiger charge is -2.32. The van der Waals surface area contributed by atoms with Gasteiger partial charge in [0.15, 0.2) is 0 Å². The van der Waals surface area contributed by atoms with E-state index < -0.39 is 0 Å². The number of aromatic nitrogens is 3. The van der Waals surface area contributed by atoms with Crippen molar-refractivity contribution in [3.05, 3.63) is 47.9 Å². The third kappa shape index (κ3) is 3.94. The fourth-order valence-electron chi connectivity index (χ4n) is 4.43. The van der Waals surface area contributed by atoms with Crippen LogP contribution in [0.25, 0.3) is 11.0 Å². The summed E-state index contributed by atoms with van der Waals surface area (Å²) in [5, 5.41) is 4.17. The Morgan fingerprint density at radius 2 is 1.97 bits per heavy atom. The van der Waals surface area contributed by atoms with Crippen molar-refractivity contribution in [2.75, 3.05) is 32.1 Å². The Kier molecular flexibility index (Phi) is 5.10. The molecule has 4 heterocycles. The molecule has 6 rings (SSSR count). The largest absolute Gasteiger partial charge is 0.492 e. The van der Waals surface area contributed by atoms with Crippen LogP contribution < -0.4 is 10.1 Å². The van der Waals surface area contributed by atoms with E-state index in [2.05, 4.69) is 55.5 Å². The number of likely N-dealkylation sites (tertiary alicyclic amines) is 1. The zero-order valence-corrected chi connectivity index (χ0v) is 17.0. The minimum absolute atomic E-state index is 0.613. The normalized spacial score (nSPS) is 21.2. The Hall–Kier alpha value is -2.60. The second-order valence-corrected chi connectivity index (χ2v) is 8.25. The highest BCUT2D eigenvalue weighted by Gasteiger charge is 2.27. The monoisotopic (exact) mass is 391 g/mol. The van der Waals surface area contributed by atoms with Gasteiger partial charge in [-0.05, 0) is 68.8 Å². The number of anilines is 1. The molecule has 3 aliphatic rings. The quantitative estimate of drug-likeness (QED) is 0.707. The molecule has 2 aromatic heterocycles.